The Hall–Kier alpha value is -5.94. The number of hydrogen-bond donors (Lipinski definition) is 0. The minimum atomic E-state index is 0.832. The molecule has 0 aliphatic rings. The van der Waals surface area contributed by atoms with E-state index in [1.165, 1.54) is 32.6 Å². The van der Waals surface area contributed by atoms with Crippen LogP contribution in [0.4, 0.5) is 0 Å². The Kier molecular flexibility index (Phi) is 4.39. The molecule has 0 saturated carbocycles. The zero-order valence-corrected chi connectivity index (χ0v) is 23.0. The van der Waals surface area contributed by atoms with E-state index in [9.17, 15) is 0 Å². The average molecular weight is 550 g/mol. The van der Waals surface area contributed by atoms with Crippen molar-refractivity contribution in [2.24, 2.45) is 0 Å². The molecule has 200 valence electrons. The van der Waals surface area contributed by atoms with Crippen LogP contribution in [0.15, 0.2) is 140 Å². The first-order chi connectivity index (χ1) is 21.3. The van der Waals surface area contributed by atoms with Gasteiger partial charge in [0.1, 0.15) is 5.65 Å². The van der Waals surface area contributed by atoms with Crippen LogP contribution in [0.2, 0.25) is 0 Å². The summed E-state index contributed by atoms with van der Waals surface area (Å²) < 4.78 is 6.89. The molecule has 0 unspecified atom stereocenters. The van der Waals surface area contributed by atoms with Crippen molar-refractivity contribution >= 4 is 71.2 Å². The second kappa shape index (κ2) is 8.30. The fraction of sp³-hybridized carbons (Fsp3) is 0. The van der Waals surface area contributed by atoms with Gasteiger partial charge >= 0.3 is 0 Å². The quantitative estimate of drug-likeness (QED) is 0.216. The van der Waals surface area contributed by atoms with E-state index in [-0.39, 0.29) is 0 Å². The maximum Gasteiger partial charge on any atom is 0.221 e. The Bertz CT molecular complexity index is 2690. The molecule has 0 aliphatic heterocycles. The average Bonchev–Trinajstić information content (AvgIpc) is 3.72. The molecule has 6 aromatic carbocycles. The Morgan fingerprint density at radius 1 is 0.372 bits per heavy atom. The van der Waals surface area contributed by atoms with Crippen LogP contribution in [0.1, 0.15) is 0 Å². The fourth-order valence-electron chi connectivity index (χ4n) is 6.99. The van der Waals surface area contributed by atoms with Crippen molar-refractivity contribution in [3.8, 4) is 11.6 Å². The van der Waals surface area contributed by atoms with E-state index in [0.29, 0.717) is 0 Å². The number of aromatic nitrogens is 5. The summed E-state index contributed by atoms with van der Waals surface area (Å²) in [6.45, 7) is 0. The molecule has 0 amide bonds. The second-order valence-corrected chi connectivity index (χ2v) is 11.1. The number of fused-ring (bicyclic) bond motifs is 11. The Balaban J connectivity index is 1.34. The van der Waals surface area contributed by atoms with Crippen LogP contribution in [0.25, 0.3) is 82.8 Å². The summed E-state index contributed by atoms with van der Waals surface area (Å²) in [4.78, 5) is 10.4. The lowest BCUT2D eigenvalue weighted by atomic mass is 10.1. The van der Waals surface area contributed by atoms with Gasteiger partial charge in [-0.3, -0.25) is 8.97 Å². The molecule has 0 radical (unpaired) electrons. The van der Waals surface area contributed by atoms with Crippen molar-refractivity contribution in [1.82, 2.24) is 23.5 Å². The Morgan fingerprint density at radius 3 is 1.58 bits per heavy atom. The summed E-state index contributed by atoms with van der Waals surface area (Å²) in [6.07, 6.45) is 0. The standard InChI is InChI=1S/C38H23N5/c1-5-15-30-28(14-1)37-39-31-16-6-10-20-36(31)43(37)38(40-30)42-34-19-9-4-13-27(34)29-23-24(21-22-35(29)42)41-32-17-7-2-11-25(32)26-12-3-8-18-33(26)41/h1-23H. The summed E-state index contributed by atoms with van der Waals surface area (Å²) in [7, 11) is 0. The van der Waals surface area contributed by atoms with Gasteiger partial charge in [0, 0.05) is 32.6 Å². The van der Waals surface area contributed by atoms with Gasteiger partial charge in [-0.2, -0.15) is 0 Å². The number of nitrogens with zero attached hydrogens (tertiary/aromatic N) is 5. The predicted molar refractivity (Wildman–Crippen MR) is 177 cm³/mol. The maximum absolute atomic E-state index is 5.30. The number of para-hydroxylation sites is 6. The number of imidazole rings is 1. The van der Waals surface area contributed by atoms with Crippen molar-refractivity contribution in [2.75, 3.05) is 0 Å². The van der Waals surface area contributed by atoms with Crippen molar-refractivity contribution < 1.29 is 0 Å². The zero-order chi connectivity index (χ0) is 28.1. The summed E-state index contributed by atoms with van der Waals surface area (Å²) in [5.41, 5.74) is 9.59. The topological polar surface area (TPSA) is 40.0 Å². The van der Waals surface area contributed by atoms with Gasteiger partial charge in [0.05, 0.1) is 38.6 Å². The summed E-state index contributed by atoms with van der Waals surface area (Å²) in [5, 5.41) is 5.93. The van der Waals surface area contributed by atoms with Crippen molar-refractivity contribution in [2.45, 2.75) is 0 Å². The van der Waals surface area contributed by atoms with Gasteiger partial charge in [-0.15, -0.1) is 0 Å². The van der Waals surface area contributed by atoms with Gasteiger partial charge < -0.3 is 4.57 Å². The van der Waals surface area contributed by atoms with Crippen LogP contribution in [0.3, 0.4) is 0 Å². The van der Waals surface area contributed by atoms with Crippen LogP contribution in [-0.4, -0.2) is 23.5 Å². The van der Waals surface area contributed by atoms with E-state index in [2.05, 4.69) is 141 Å². The first-order valence-corrected chi connectivity index (χ1v) is 14.5. The molecule has 5 heteroatoms. The van der Waals surface area contributed by atoms with Crippen LogP contribution >= 0.6 is 0 Å². The molecule has 0 aliphatic carbocycles. The molecule has 0 bridgehead atoms. The zero-order valence-electron chi connectivity index (χ0n) is 23.0. The third-order valence-corrected chi connectivity index (χ3v) is 8.82. The lowest BCUT2D eigenvalue weighted by Gasteiger charge is -2.13. The second-order valence-electron chi connectivity index (χ2n) is 11.1. The third-order valence-electron chi connectivity index (χ3n) is 8.82. The first kappa shape index (κ1) is 22.7. The monoisotopic (exact) mass is 549 g/mol. The molecule has 0 saturated heterocycles. The number of benzene rings is 6. The molecule has 5 nitrogen and oxygen atoms in total. The minimum Gasteiger partial charge on any atom is -0.309 e. The smallest absolute Gasteiger partial charge is 0.221 e. The molecule has 10 aromatic rings. The molecule has 0 spiro atoms. The van der Waals surface area contributed by atoms with E-state index in [1.807, 2.05) is 12.1 Å². The van der Waals surface area contributed by atoms with Crippen LogP contribution < -0.4 is 0 Å². The minimum absolute atomic E-state index is 0.832. The predicted octanol–water partition coefficient (Wildman–Crippen LogP) is 9.23. The van der Waals surface area contributed by atoms with E-state index < -0.39 is 0 Å². The highest BCUT2D eigenvalue weighted by atomic mass is 15.2. The highest BCUT2D eigenvalue weighted by molar-refractivity contribution is 6.12. The first-order valence-electron chi connectivity index (χ1n) is 14.5. The summed E-state index contributed by atoms with van der Waals surface area (Å²) in [6, 6.07) is 49.4. The largest absolute Gasteiger partial charge is 0.309 e. The highest BCUT2D eigenvalue weighted by Gasteiger charge is 2.20. The molecule has 43 heavy (non-hydrogen) atoms. The maximum atomic E-state index is 5.30. The van der Waals surface area contributed by atoms with Crippen LogP contribution in [0.5, 0.6) is 0 Å². The lowest BCUT2D eigenvalue weighted by molar-refractivity contribution is 0.979. The molecule has 4 heterocycles. The van der Waals surface area contributed by atoms with E-state index in [0.717, 1.165) is 50.3 Å². The molecule has 0 atom stereocenters. The van der Waals surface area contributed by atoms with Gasteiger partial charge in [-0.25, -0.2) is 9.97 Å². The lowest BCUT2D eigenvalue weighted by Crippen LogP contribution is -2.06. The van der Waals surface area contributed by atoms with Crippen LogP contribution in [-0.2, 0) is 0 Å². The van der Waals surface area contributed by atoms with Crippen molar-refractivity contribution in [1.29, 1.82) is 0 Å². The van der Waals surface area contributed by atoms with Gasteiger partial charge in [0.25, 0.3) is 0 Å². The number of hydrogen-bond acceptors (Lipinski definition) is 2. The van der Waals surface area contributed by atoms with Crippen molar-refractivity contribution in [3.05, 3.63) is 140 Å². The molecule has 0 fully saturated rings. The molecule has 4 aromatic heterocycles. The Labute approximate surface area is 245 Å². The van der Waals surface area contributed by atoms with Crippen LogP contribution in [0, 0.1) is 0 Å². The summed E-state index contributed by atoms with van der Waals surface area (Å²) in [5.74, 6) is 0.832. The Morgan fingerprint density at radius 2 is 0.884 bits per heavy atom. The van der Waals surface area contributed by atoms with E-state index >= 15 is 0 Å². The molecular formula is C38H23N5. The third kappa shape index (κ3) is 3.00. The highest BCUT2D eigenvalue weighted by Crippen LogP contribution is 2.37. The van der Waals surface area contributed by atoms with Crippen molar-refractivity contribution in [3.63, 3.8) is 0 Å². The summed E-state index contributed by atoms with van der Waals surface area (Å²) >= 11 is 0. The van der Waals surface area contributed by atoms with Gasteiger partial charge in [0.15, 0.2) is 0 Å². The van der Waals surface area contributed by atoms with E-state index in [1.54, 1.807) is 0 Å². The molecule has 0 N–H and O–H groups in total. The molecule has 10 rings (SSSR count). The normalized spacial score (nSPS) is 12.2. The van der Waals surface area contributed by atoms with Gasteiger partial charge in [-0.05, 0) is 60.7 Å². The number of rotatable bonds is 2. The SMILES string of the molecule is c1ccc2c(c1)nc(-n1c3ccccc3c3cc(-n4c5ccccc5c5ccccc54)ccc31)n1c3ccccc3nc21. The van der Waals surface area contributed by atoms with Gasteiger partial charge in [-0.1, -0.05) is 78.9 Å². The van der Waals surface area contributed by atoms with Gasteiger partial charge in [0.2, 0.25) is 5.95 Å². The van der Waals surface area contributed by atoms with E-state index in [4.69, 9.17) is 9.97 Å². The fourth-order valence-corrected chi connectivity index (χ4v) is 6.99. The molecular weight excluding hydrogens is 526 g/mol.